The number of hydrogen-bond donors (Lipinski definition) is 0. The van der Waals surface area contributed by atoms with E-state index >= 15 is 0 Å². The molecule has 0 spiro atoms. The van der Waals surface area contributed by atoms with Gasteiger partial charge in [0.2, 0.25) is 0 Å². The van der Waals surface area contributed by atoms with Crippen molar-refractivity contribution in [3.63, 3.8) is 0 Å². The molecule has 20 heavy (non-hydrogen) atoms. The van der Waals surface area contributed by atoms with Crippen LogP contribution in [0.15, 0.2) is 34.8 Å². The molecule has 0 saturated heterocycles. The number of rotatable bonds is 3. The first-order valence-electron chi connectivity index (χ1n) is 5.78. The van der Waals surface area contributed by atoms with Crippen LogP contribution >= 0.6 is 27.5 Å². The van der Waals surface area contributed by atoms with Crippen LogP contribution in [0, 0.1) is 12.7 Å². The van der Waals surface area contributed by atoms with E-state index in [1.807, 2.05) is 19.1 Å². The van der Waals surface area contributed by atoms with E-state index in [0.717, 1.165) is 11.6 Å². The van der Waals surface area contributed by atoms with Gasteiger partial charge >= 0.3 is 0 Å². The number of aryl methyl sites for hydroxylation is 1. The maximum Gasteiger partial charge on any atom is 0.195 e. The van der Waals surface area contributed by atoms with Gasteiger partial charge in [0.25, 0.3) is 0 Å². The Labute approximate surface area is 129 Å². The Bertz CT molecular complexity index is 686. The number of benzene rings is 2. The van der Waals surface area contributed by atoms with Gasteiger partial charge in [-0.25, -0.2) is 4.39 Å². The first kappa shape index (κ1) is 15.0. The first-order valence-corrected chi connectivity index (χ1v) is 6.95. The van der Waals surface area contributed by atoms with Crippen LogP contribution in [0.4, 0.5) is 4.39 Å². The van der Waals surface area contributed by atoms with Crippen molar-refractivity contribution in [1.82, 2.24) is 0 Å². The van der Waals surface area contributed by atoms with Crippen molar-refractivity contribution >= 4 is 33.3 Å². The summed E-state index contributed by atoms with van der Waals surface area (Å²) in [6, 6.07) is 7.75. The predicted molar refractivity (Wildman–Crippen MR) is 80.3 cm³/mol. The second-order valence-electron chi connectivity index (χ2n) is 4.28. The van der Waals surface area contributed by atoms with Gasteiger partial charge < -0.3 is 4.74 Å². The lowest BCUT2D eigenvalue weighted by molar-refractivity contribution is 0.103. The number of ether oxygens (including phenoxy) is 1. The average Bonchev–Trinajstić information content (AvgIpc) is 2.38. The highest BCUT2D eigenvalue weighted by Gasteiger charge is 2.18. The van der Waals surface area contributed by atoms with E-state index < -0.39 is 5.82 Å². The van der Waals surface area contributed by atoms with Gasteiger partial charge in [0, 0.05) is 15.6 Å². The third kappa shape index (κ3) is 2.86. The highest BCUT2D eigenvalue weighted by molar-refractivity contribution is 9.10. The molecule has 2 aromatic rings. The minimum atomic E-state index is -0.600. The summed E-state index contributed by atoms with van der Waals surface area (Å²) in [5.41, 5.74) is 1.69. The van der Waals surface area contributed by atoms with Crippen LogP contribution in [-0.4, -0.2) is 12.9 Å². The van der Waals surface area contributed by atoms with Crippen LogP contribution in [0.3, 0.4) is 0 Å². The fourth-order valence-corrected chi connectivity index (χ4v) is 2.72. The number of hydrogen-bond acceptors (Lipinski definition) is 2. The molecule has 0 amide bonds. The number of ketones is 1. The standard InChI is InChI=1S/C15H11BrClFO2/c1-8-3-4-9(11(16)5-8)15(19)10-6-14(20-2)13(18)7-12(10)17/h3-7H,1-2H3. The summed E-state index contributed by atoms with van der Waals surface area (Å²) in [6.45, 7) is 1.92. The van der Waals surface area contributed by atoms with Crippen molar-refractivity contribution in [3.05, 3.63) is 62.3 Å². The van der Waals surface area contributed by atoms with E-state index in [0.29, 0.717) is 10.0 Å². The van der Waals surface area contributed by atoms with Crippen molar-refractivity contribution in [2.45, 2.75) is 6.92 Å². The van der Waals surface area contributed by atoms with Crippen LogP contribution in [0.25, 0.3) is 0 Å². The van der Waals surface area contributed by atoms with Gasteiger partial charge in [-0.2, -0.15) is 0 Å². The highest BCUT2D eigenvalue weighted by Crippen LogP contribution is 2.29. The number of carbonyl (C=O) groups excluding carboxylic acids is 1. The van der Waals surface area contributed by atoms with E-state index in [4.69, 9.17) is 16.3 Å². The van der Waals surface area contributed by atoms with Crippen molar-refractivity contribution in [2.75, 3.05) is 7.11 Å². The third-order valence-electron chi connectivity index (χ3n) is 2.86. The van der Waals surface area contributed by atoms with Gasteiger partial charge in [-0.15, -0.1) is 0 Å². The minimum absolute atomic E-state index is 0.0130. The van der Waals surface area contributed by atoms with Gasteiger partial charge in [-0.3, -0.25) is 4.79 Å². The molecule has 0 aromatic heterocycles. The maximum absolute atomic E-state index is 13.5. The molecule has 0 unspecified atom stereocenters. The predicted octanol–water partition coefficient (Wildman–Crippen LogP) is 4.79. The van der Waals surface area contributed by atoms with Crippen LogP contribution in [0.2, 0.25) is 5.02 Å². The normalized spacial score (nSPS) is 10.4. The molecule has 0 saturated carbocycles. The summed E-state index contributed by atoms with van der Waals surface area (Å²) in [7, 11) is 1.34. The van der Waals surface area contributed by atoms with E-state index in [1.165, 1.54) is 13.2 Å². The molecule has 0 radical (unpaired) electrons. The lowest BCUT2D eigenvalue weighted by Crippen LogP contribution is -2.05. The topological polar surface area (TPSA) is 26.3 Å². The molecule has 104 valence electrons. The van der Waals surface area contributed by atoms with Gasteiger partial charge in [0.15, 0.2) is 17.3 Å². The van der Waals surface area contributed by atoms with E-state index in [2.05, 4.69) is 15.9 Å². The Morgan fingerprint density at radius 1 is 1.25 bits per heavy atom. The molecule has 5 heteroatoms. The van der Waals surface area contributed by atoms with Crippen LogP contribution in [0.1, 0.15) is 21.5 Å². The maximum atomic E-state index is 13.5. The summed E-state index contributed by atoms with van der Waals surface area (Å²) in [5, 5.41) is 0.0563. The summed E-state index contributed by atoms with van der Waals surface area (Å²) in [6.07, 6.45) is 0. The lowest BCUT2D eigenvalue weighted by Gasteiger charge is -2.09. The largest absolute Gasteiger partial charge is 0.494 e. The number of methoxy groups -OCH3 is 1. The molecule has 0 N–H and O–H groups in total. The van der Waals surface area contributed by atoms with Crippen molar-refractivity contribution in [1.29, 1.82) is 0 Å². The molecule has 0 aliphatic carbocycles. The first-order chi connectivity index (χ1) is 9.43. The molecule has 0 heterocycles. The van der Waals surface area contributed by atoms with Crippen LogP contribution < -0.4 is 4.74 Å². The third-order valence-corrected chi connectivity index (χ3v) is 3.82. The Hall–Kier alpha value is -1.39. The summed E-state index contributed by atoms with van der Waals surface area (Å²) >= 11 is 9.31. The van der Waals surface area contributed by atoms with Crippen LogP contribution in [-0.2, 0) is 0 Å². The summed E-state index contributed by atoms with van der Waals surface area (Å²) < 4.78 is 19.0. The molecule has 0 atom stereocenters. The van der Waals surface area contributed by atoms with E-state index in [1.54, 1.807) is 6.07 Å². The Kier molecular flexibility index (Phi) is 4.45. The van der Waals surface area contributed by atoms with Gasteiger partial charge in [0.1, 0.15) is 0 Å². The Morgan fingerprint density at radius 3 is 2.55 bits per heavy atom. The van der Waals surface area contributed by atoms with Gasteiger partial charge in [-0.05, 0) is 36.8 Å². The molecule has 2 aromatic carbocycles. The van der Waals surface area contributed by atoms with Crippen molar-refractivity contribution < 1.29 is 13.9 Å². The van der Waals surface area contributed by atoms with Gasteiger partial charge in [-0.1, -0.05) is 33.6 Å². The van der Waals surface area contributed by atoms with Crippen molar-refractivity contribution in [3.8, 4) is 5.75 Å². The second kappa shape index (κ2) is 5.94. The molecule has 0 bridgehead atoms. The summed E-state index contributed by atoms with van der Waals surface area (Å²) in [4.78, 5) is 12.5. The molecular weight excluding hydrogens is 347 g/mol. The Morgan fingerprint density at radius 2 is 1.95 bits per heavy atom. The zero-order valence-electron chi connectivity index (χ0n) is 10.8. The molecular formula is C15H11BrClFO2. The Balaban J connectivity index is 2.53. The smallest absolute Gasteiger partial charge is 0.195 e. The quantitative estimate of drug-likeness (QED) is 0.738. The van der Waals surface area contributed by atoms with E-state index in [9.17, 15) is 9.18 Å². The highest BCUT2D eigenvalue weighted by atomic mass is 79.9. The molecule has 0 aliphatic rings. The summed E-state index contributed by atoms with van der Waals surface area (Å²) in [5.74, 6) is -0.904. The molecule has 0 aliphatic heterocycles. The van der Waals surface area contributed by atoms with Crippen LogP contribution in [0.5, 0.6) is 5.75 Å². The number of halogens is 3. The van der Waals surface area contributed by atoms with Gasteiger partial charge in [0.05, 0.1) is 12.1 Å². The zero-order chi connectivity index (χ0) is 14.9. The fourth-order valence-electron chi connectivity index (χ4n) is 1.81. The lowest BCUT2D eigenvalue weighted by atomic mass is 10.0. The SMILES string of the molecule is COc1cc(C(=O)c2ccc(C)cc2Br)c(Cl)cc1F. The molecule has 2 nitrogen and oxygen atoms in total. The minimum Gasteiger partial charge on any atom is -0.494 e. The van der Waals surface area contributed by atoms with E-state index in [-0.39, 0.29) is 22.1 Å². The molecule has 2 rings (SSSR count). The van der Waals surface area contributed by atoms with Crippen molar-refractivity contribution in [2.24, 2.45) is 0 Å². The second-order valence-corrected chi connectivity index (χ2v) is 5.54. The monoisotopic (exact) mass is 356 g/mol. The number of carbonyl (C=O) groups is 1. The zero-order valence-corrected chi connectivity index (χ0v) is 13.2. The fraction of sp³-hybridized carbons (Fsp3) is 0.133. The average molecular weight is 358 g/mol. The molecule has 0 fully saturated rings.